The Morgan fingerprint density at radius 3 is 2.44 bits per heavy atom. The first kappa shape index (κ1) is 12.6. The topological polar surface area (TPSA) is 98.9 Å². The number of hydrogen-bond donors (Lipinski definition) is 1. The highest BCUT2D eigenvalue weighted by Crippen LogP contribution is 2.12. The van der Waals surface area contributed by atoms with Crippen molar-refractivity contribution in [3.8, 4) is 0 Å². The van der Waals surface area contributed by atoms with Crippen LogP contribution in [0.25, 0.3) is 0 Å². The van der Waals surface area contributed by atoms with Gasteiger partial charge >= 0.3 is 5.97 Å². The lowest BCUT2D eigenvalue weighted by atomic mass is 10.4. The van der Waals surface area contributed by atoms with Crippen molar-refractivity contribution in [2.45, 2.75) is 19.3 Å². The van der Waals surface area contributed by atoms with Crippen LogP contribution in [0.4, 0.5) is 0 Å². The number of ether oxygens (including phenoxy) is 1. The van der Waals surface area contributed by atoms with E-state index in [4.69, 9.17) is 10.5 Å². The van der Waals surface area contributed by atoms with Gasteiger partial charge in [-0.25, -0.2) is 4.79 Å². The molecule has 90 valence electrons. The van der Waals surface area contributed by atoms with E-state index in [9.17, 15) is 14.4 Å². The van der Waals surface area contributed by atoms with Gasteiger partial charge in [-0.1, -0.05) is 0 Å². The lowest BCUT2D eigenvalue weighted by molar-refractivity contribution is -0.198. The van der Waals surface area contributed by atoms with Crippen LogP contribution in [-0.4, -0.2) is 42.6 Å². The summed E-state index contributed by atoms with van der Waals surface area (Å²) in [6.07, 6.45) is 0.169. The maximum atomic E-state index is 11.2. The Balaban J connectivity index is 2.23. The molecule has 2 N–H and O–H groups in total. The van der Waals surface area contributed by atoms with Gasteiger partial charge in [0.25, 0.3) is 11.8 Å². The van der Waals surface area contributed by atoms with Gasteiger partial charge < -0.3 is 15.3 Å². The molecule has 2 amide bonds. The molecule has 7 heteroatoms. The highest BCUT2D eigenvalue weighted by Gasteiger charge is 2.32. The number of amides is 2. The number of nitrogens with two attached hydrogens (primary N) is 1. The third kappa shape index (κ3) is 3.59. The van der Waals surface area contributed by atoms with Gasteiger partial charge in [0.05, 0.1) is 19.6 Å². The molecule has 0 bridgehead atoms. The Labute approximate surface area is 92.4 Å². The van der Waals surface area contributed by atoms with Gasteiger partial charge in [0.2, 0.25) is 0 Å². The molecule has 16 heavy (non-hydrogen) atoms. The fraction of sp³-hybridized carbons (Fsp3) is 0.667. The molecular weight excluding hydrogens is 216 g/mol. The average Bonchev–Trinajstić information content (AvgIpc) is 2.56. The van der Waals surface area contributed by atoms with Gasteiger partial charge in [-0.2, -0.15) is 0 Å². The molecule has 0 radical (unpaired) electrons. The summed E-state index contributed by atoms with van der Waals surface area (Å²) < 4.78 is 4.96. The maximum absolute atomic E-state index is 11.2. The average molecular weight is 230 g/mol. The van der Waals surface area contributed by atoms with Crippen LogP contribution in [0.5, 0.6) is 0 Å². The van der Waals surface area contributed by atoms with Crippen LogP contribution in [-0.2, 0) is 24.0 Å². The molecule has 1 aliphatic heterocycles. The Kier molecular flexibility index (Phi) is 4.87. The smallest absolute Gasteiger partial charge is 0.335 e. The molecule has 1 heterocycles. The van der Waals surface area contributed by atoms with E-state index in [0.717, 1.165) is 0 Å². The number of rotatable bonds is 6. The zero-order chi connectivity index (χ0) is 12.0. The van der Waals surface area contributed by atoms with Crippen molar-refractivity contribution in [2.24, 2.45) is 5.73 Å². The van der Waals surface area contributed by atoms with E-state index in [1.54, 1.807) is 0 Å². The normalized spacial score (nSPS) is 15.7. The van der Waals surface area contributed by atoms with E-state index < -0.39 is 17.8 Å². The molecule has 0 aromatic heterocycles. The molecule has 0 atom stereocenters. The van der Waals surface area contributed by atoms with Crippen LogP contribution in [0.3, 0.4) is 0 Å². The van der Waals surface area contributed by atoms with Crippen LogP contribution >= 0.6 is 0 Å². The molecule has 0 spiro atoms. The zero-order valence-corrected chi connectivity index (χ0v) is 8.81. The van der Waals surface area contributed by atoms with E-state index in [-0.39, 0.29) is 25.9 Å². The lowest BCUT2D eigenvalue weighted by Gasteiger charge is -2.12. The van der Waals surface area contributed by atoms with Gasteiger partial charge in [-0.3, -0.25) is 9.59 Å². The first-order chi connectivity index (χ1) is 7.65. The fourth-order valence-electron chi connectivity index (χ4n) is 1.15. The molecule has 1 rings (SSSR count). The van der Waals surface area contributed by atoms with Gasteiger partial charge in [-0.15, -0.1) is 5.06 Å². The first-order valence-electron chi connectivity index (χ1n) is 4.99. The van der Waals surface area contributed by atoms with E-state index in [2.05, 4.69) is 4.84 Å². The number of hydroxylamine groups is 2. The fourth-order valence-corrected chi connectivity index (χ4v) is 1.15. The Bertz CT molecular complexity index is 276. The summed E-state index contributed by atoms with van der Waals surface area (Å²) in [5.74, 6) is -1.64. The maximum Gasteiger partial charge on any atom is 0.335 e. The second-order valence-electron chi connectivity index (χ2n) is 3.20. The molecule has 1 fully saturated rings. The minimum atomic E-state index is -0.666. The summed E-state index contributed by atoms with van der Waals surface area (Å²) in [5.41, 5.74) is 5.18. The zero-order valence-electron chi connectivity index (χ0n) is 8.81. The molecule has 0 unspecified atom stereocenters. The van der Waals surface area contributed by atoms with Crippen molar-refractivity contribution in [1.29, 1.82) is 0 Å². The largest absolute Gasteiger partial charge is 0.380 e. The number of imide groups is 1. The van der Waals surface area contributed by atoms with E-state index >= 15 is 0 Å². The van der Waals surface area contributed by atoms with Crippen molar-refractivity contribution in [3.63, 3.8) is 0 Å². The number of carbonyl (C=O) groups excluding carboxylic acids is 3. The van der Waals surface area contributed by atoms with Crippen molar-refractivity contribution < 1.29 is 24.0 Å². The van der Waals surface area contributed by atoms with E-state index in [1.165, 1.54) is 0 Å². The summed E-state index contributed by atoms with van der Waals surface area (Å²) in [7, 11) is 0. The van der Waals surface area contributed by atoms with Crippen molar-refractivity contribution in [2.75, 3.05) is 19.8 Å². The molecule has 0 aromatic carbocycles. The predicted molar refractivity (Wildman–Crippen MR) is 51.7 cm³/mol. The van der Waals surface area contributed by atoms with Crippen LogP contribution in [0.1, 0.15) is 19.3 Å². The van der Waals surface area contributed by atoms with Crippen molar-refractivity contribution in [3.05, 3.63) is 0 Å². The minimum absolute atomic E-state index is 0.0168. The Morgan fingerprint density at radius 2 is 1.88 bits per heavy atom. The predicted octanol–water partition coefficient (Wildman–Crippen LogP) is -1.04. The first-order valence-corrected chi connectivity index (χ1v) is 4.99. The standard InChI is InChI=1S/C9H14N2O5/c10-4-6-15-5-3-9(14)16-11-7(12)1-2-8(11)13/h1-6,10H2. The van der Waals surface area contributed by atoms with Crippen LogP contribution in [0.2, 0.25) is 0 Å². The Hall–Kier alpha value is -1.47. The van der Waals surface area contributed by atoms with Crippen LogP contribution < -0.4 is 5.73 Å². The van der Waals surface area contributed by atoms with Gasteiger partial charge in [0.15, 0.2) is 0 Å². The summed E-state index contributed by atoms with van der Waals surface area (Å²) in [4.78, 5) is 37.9. The molecule has 0 saturated carbocycles. The number of carbonyl (C=O) groups is 3. The summed E-state index contributed by atoms with van der Waals surface area (Å²) >= 11 is 0. The van der Waals surface area contributed by atoms with Gasteiger partial charge in [-0.05, 0) is 0 Å². The lowest BCUT2D eigenvalue weighted by Crippen LogP contribution is -2.32. The summed E-state index contributed by atoms with van der Waals surface area (Å²) in [6, 6.07) is 0. The minimum Gasteiger partial charge on any atom is -0.380 e. The number of nitrogens with zero attached hydrogens (tertiary/aromatic N) is 1. The summed E-state index contributed by atoms with van der Waals surface area (Å²) in [5, 5.41) is 0.519. The SMILES string of the molecule is NCCOCCC(=O)ON1C(=O)CCC1=O. The van der Waals surface area contributed by atoms with Crippen LogP contribution in [0, 0.1) is 0 Å². The highest BCUT2D eigenvalue weighted by molar-refractivity contribution is 6.01. The second kappa shape index (κ2) is 6.19. The third-order valence-corrected chi connectivity index (χ3v) is 1.91. The second-order valence-corrected chi connectivity index (χ2v) is 3.20. The third-order valence-electron chi connectivity index (χ3n) is 1.91. The van der Waals surface area contributed by atoms with Gasteiger partial charge in [0, 0.05) is 19.4 Å². The van der Waals surface area contributed by atoms with Crippen molar-refractivity contribution >= 4 is 17.8 Å². The molecule has 0 aromatic rings. The molecule has 1 saturated heterocycles. The van der Waals surface area contributed by atoms with Gasteiger partial charge in [0.1, 0.15) is 0 Å². The van der Waals surface area contributed by atoms with Crippen LogP contribution in [0.15, 0.2) is 0 Å². The molecule has 7 nitrogen and oxygen atoms in total. The Morgan fingerprint density at radius 1 is 1.25 bits per heavy atom. The monoisotopic (exact) mass is 230 g/mol. The molecule has 1 aliphatic rings. The van der Waals surface area contributed by atoms with Crippen molar-refractivity contribution in [1.82, 2.24) is 5.06 Å². The molecule has 0 aliphatic carbocycles. The highest BCUT2D eigenvalue weighted by atomic mass is 16.7. The molecular formula is C9H14N2O5. The number of hydrogen-bond acceptors (Lipinski definition) is 6. The quantitative estimate of drug-likeness (QED) is 0.462. The van der Waals surface area contributed by atoms with E-state index in [0.29, 0.717) is 18.2 Å². The summed E-state index contributed by atoms with van der Waals surface area (Å²) in [6.45, 7) is 0.888. The van der Waals surface area contributed by atoms with E-state index in [1.807, 2.05) is 0 Å².